The standard InChI is InChI=1S/C13H20N2.ClH/c1-15(13-7-9-14-10-8-13)11-12-5-3-2-4-6-12;/h2-6,13-14H,7-11H2,1H3;1H. The zero-order valence-electron chi connectivity index (χ0n) is 9.86. The maximum atomic E-state index is 3.41. The van der Waals surface area contributed by atoms with Gasteiger partial charge < -0.3 is 5.32 Å². The van der Waals surface area contributed by atoms with E-state index in [4.69, 9.17) is 0 Å². The van der Waals surface area contributed by atoms with E-state index in [0.717, 1.165) is 12.6 Å². The molecule has 0 spiro atoms. The molecule has 1 aromatic carbocycles. The van der Waals surface area contributed by atoms with Crippen LogP contribution in [0.3, 0.4) is 0 Å². The van der Waals surface area contributed by atoms with E-state index < -0.39 is 0 Å². The molecule has 0 aliphatic carbocycles. The predicted octanol–water partition coefficient (Wildman–Crippen LogP) is 2.29. The zero-order chi connectivity index (χ0) is 10.5. The SMILES string of the molecule is CN(Cc1ccccc1)C1CCNCC1.Cl. The molecular weight excluding hydrogens is 220 g/mol. The number of piperidine rings is 1. The van der Waals surface area contributed by atoms with E-state index in [1.807, 2.05) is 0 Å². The first-order valence-electron chi connectivity index (χ1n) is 5.81. The van der Waals surface area contributed by atoms with Crippen molar-refractivity contribution in [1.29, 1.82) is 0 Å². The topological polar surface area (TPSA) is 15.3 Å². The summed E-state index contributed by atoms with van der Waals surface area (Å²) in [6.07, 6.45) is 2.56. The van der Waals surface area contributed by atoms with E-state index in [9.17, 15) is 0 Å². The Bertz CT molecular complexity index is 283. The Kier molecular flexibility index (Phi) is 5.81. The monoisotopic (exact) mass is 240 g/mol. The summed E-state index contributed by atoms with van der Waals surface area (Å²) in [6, 6.07) is 11.5. The van der Waals surface area contributed by atoms with Gasteiger partial charge in [-0.25, -0.2) is 0 Å². The molecule has 90 valence electrons. The summed E-state index contributed by atoms with van der Waals surface area (Å²) in [4.78, 5) is 2.48. The highest BCUT2D eigenvalue weighted by Crippen LogP contribution is 2.13. The van der Waals surface area contributed by atoms with Gasteiger partial charge in [0.25, 0.3) is 0 Å². The van der Waals surface area contributed by atoms with Crippen LogP contribution in [0.5, 0.6) is 0 Å². The second kappa shape index (κ2) is 6.89. The molecule has 0 atom stereocenters. The van der Waals surface area contributed by atoms with E-state index in [2.05, 4.69) is 47.6 Å². The number of nitrogens with one attached hydrogen (secondary N) is 1. The molecule has 1 heterocycles. The van der Waals surface area contributed by atoms with Crippen LogP contribution in [-0.2, 0) is 6.54 Å². The highest BCUT2D eigenvalue weighted by Gasteiger charge is 2.17. The normalized spacial score (nSPS) is 17.1. The Morgan fingerprint density at radius 2 is 1.81 bits per heavy atom. The fourth-order valence-corrected chi connectivity index (χ4v) is 2.25. The molecule has 1 saturated heterocycles. The Labute approximate surface area is 104 Å². The molecule has 0 bridgehead atoms. The van der Waals surface area contributed by atoms with Gasteiger partial charge >= 0.3 is 0 Å². The van der Waals surface area contributed by atoms with E-state index in [0.29, 0.717) is 0 Å². The summed E-state index contributed by atoms with van der Waals surface area (Å²) >= 11 is 0. The van der Waals surface area contributed by atoms with Crippen LogP contribution in [0.4, 0.5) is 0 Å². The van der Waals surface area contributed by atoms with Gasteiger partial charge in [-0.05, 0) is 38.5 Å². The third-order valence-corrected chi connectivity index (χ3v) is 3.21. The van der Waals surface area contributed by atoms with Crippen LogP contribution in [0.1, 0.15) is 18.4 Å². The fourth-order valence-electron chi connectivity index (χ4n) is 2.25. The Morgan fingerprint density at radius 1 is 1.19 bits per heavy atom. The summed E-state index contributed by atoms with van der Waals surface area (Å²) in [5.74, 6) is 0. The smallest absolute Gasteiger partial charge is 0.0233 e. The highest BCUT2D eigenvalue weighted by molar-refractivity contribution is 5.85. The van der Waals surface area contributed by atoms with Crippen molar-refractivity contribution < 1.29 is 0 Å². The molecule has 1 aliphatic rings. The Balaban J connectivity index is 0.00000128. The van der Waals surface area contributed by atoms with Crippen LogP contribution >= 0.6 is 12.4 Å². The molecule has 1 aromatic rings. The lowest BCUT2D eigenvalue weighted by Gasteiger charge is -2.31. The molecule has 16 heavy (non-hydrogen) atoms. The molecule has 2 nitrogen and oxygen atoms in total. The van der Waals surface area contributed by atoms with Crippen molar-refractivity contribution in [2.24, 2.45) is 0 Å². The fraction of sp³-hybridized carbons (Fsp3) is 0.538. The van der Waals surface area contributed by atoms with Gasteiger partial charge in [0.15, 0.2) is 0 Å². The number of nitrogens with zero attached hydrogens (tertiary/aromatic N) is 1. The van der Waals surface area contributed by atoms with Crippen molar-refractivity contribution in [3.05, 3.63) is 35.9 Å². The van der Waals surface area contributed by atoms with E-state index in [-0.39, 0.29) is 12.4 Å². The van der Waals surface area contributed by atoms with Crippen molar-refractivity contribution in [3.63, 3.8) is 0 Å². The number of benzene rings is 1. The van der Waals surface area contributed by atoms with Crippen molar-refractivity contribution >= 4 is 12.4 Å². The van der Waals surface area contributed by atoms with Crippen LogP contribution < -0.4 is 5.32 Å². The molecule has 2 rings (SSSR count). The molecule has 1 aliphatic heterocycles. The minimum absolute atomic E-state index is 0. The van der Waals surface area contributed by atoms with E-state index in [1.165, 1.54) is 31.5 Å². The molecule has 0 saturated carbocycles. The number of rotatable bonds is 3. The number of halogens is 1. The average Bonchev–Trinajstić information content (AvgIpc) is 2.31. The summed E-state index contributed by atoms with van der Waals surface area (Å²) in [5, 5.41) is 3.41. The zero-order valence-corrected chi connectivity index (χ0v) is 10.7. The van der Waals surface area contributed by atoms with Crippen molar-refractivity contribution in [2.45, 2.75) is 25.4 Å². The number of hydrogen-bond donors (Lipinski definition) is 1. The molecule has 0 unspecified atom stereocenters. The lowest BCUT2D eigenvalue weighted by atomic mass is 10.0. The molecule has 0 radical (unpaired) electrons. The first-order valence-corrected chi connectivity index (χ1v) is 5.81. The Morgan fingerprint density at radius 3 is 2.44 bits per heavy atom. The lowest BCUT2D eigenvalue weighted by molar-refractivity contribution is 0.192. The summed E-state index contributed by atoms with van der Waals surface area (Å²) in [5.41, 5.74) is 1.42. The van der Waals surface area contributed by atoms with Crippen LogP contribution in [-0.4, -0.2) is 31.1 Å². The maximum absolute atomic E-state index is 3.41. The second-order valence-electron chi connectivity index (χ2n) is 4.38. The van der Waals surface area contributed by atoms with Crippen LogP contribution in [0.15, 0.2) is 30.3 Å². The first-order chi connectivity index (χ1) is 7.36. The van der Waals surface area contributed by atoms with E-state index in [1.54, 1.807) is 0 Å². The quantitative estimate of drug-likeness (QED) is 0.872. The molecule has 1 N–H and O–H groups in total. The first kappa shape index (κ1) is 13.5. The molecule has 0 amide bonds. The van der Waals surface area contributed by atoms with E-state index >= 15 is 0 Å². The Hall–Kier alpha value is -0.570. The van der Waals surface area contributed by atoms with Gasteiger partial charge in [0, 0.05) is 12.6 Å². The van der Waals surface area contributed by atoms with Crippen molar-refractivity contribution in [1.82, 2.24) is 10.2 Å². The highest BCUT2D eigenvalue weighted by atomic mass is 35.5. The van der Waals surface area contributed by atoms with Gasteiger partial charge in [-0.3, -0.25) is 4.90 Å². The summed E-state index contributed by atoms with van der Waals surface area (Å²) < 4.78 is 0. The van der Waals surface area contributed by atoms with Gasteiger partial charge in [-0.1, -0.05) is 30.3 Å². The maximum Gasteiger partial charge on any atom is 0.0233 e. The molecule has 0 aromatic heterocycles. The second-order valence-corrected chi connectivity index (χ2v) is 4.38. The average molecular weight is 241 g/mol. The van der Waals surface area contributed by atoms with Gasteiger partial charge in [-0.2, -0.15) is 0 Å². The predicted molar refractivity (Wildman–Crippen MR) is 71.0 cm³/mol. The third-order valence-electron chi connectivity index (χ3n) is 3.21. The van der Waals surface area contributed by atoms with Crippen LogP contribution in [0, 0.1) is 0 Å². The summed E-state index contributed by atoms with van der Waals surface area (Å²) in [7, 11) is 2.24. The number of hydrogen-bond acceptors (Lipinski definition) is 2. The summed E-state index contributed by atoms with van der Waals surface area (Å²) in [6.45, 7) is 3.42. The third kappa shape index (κ3) is 3.78. The van der Waals surface area contributed by atoms with Gasteiger partial charge in [0.1, 0.15) is 0 Å². The minimum atomic E-state index is 0. The van der Waals surface area contributed by atoms with Gasteiger partial charge in [0.2, 0.25) is 0 Å². The molecule has 1 fully saturated rings. The largest absolute Gasteiger partial charge is 0.317 e. The molecule has 3 heteroatoms. The van der Waals surface area contributed by atoms with Crippen molar-refractivity contribution in [2.75, 3.05) is 20.1 Å². The molecular formula is C13H21ClN2. The van der Waals surface area contributed by atoms with Gasteiger partial charge in [0.05, 0.1) is 0 Å². The van der Waals surface area contributed by atoms with Crippen LogP contribution in [0.25, 0.3) is 0 Å². The minimum Gasteiger partial charge on any atom is -0.317 e. The van der Waals surface area contributed by atoms with Crippen LogP contribution in [0.2, 0.25) is 0 Å². The van der Waals surface area contributed by atoms with Crippen molar-refractivity contribution in [3.8, 4) is 0 Å². The van der Waals surface area contributed by atoms with Gasteiger partial charge in [-0.15, -0.1) is 12.4 Å². The lowest BCUT2D eigenvalue weighted by Crippen LogP contribution is -2.40.